The molecule has 0 saturated heterocycles. The van der Waals surface area contributed by atoms with Crippen LogP contribution in [0, 0.1) is 10.1 Å². The van der Waals surface area contributed by atoms with Crippen LogP contribution < -0.4 is 5.32 Å². The van der Waals surface area contributed by atoms with Gasteiger partial charge in [0.15, 0.2) is 6.61 Å². The fourth-order valence-electron chi connectivity index (χ4n) is 2.48. The van der Waals surface area contributed by atoms with Gasteiger partial charge in [-0.15, -0.1) is 0 Å². The number of aromatic nitrogens is 2. The molecule has 0 aliphatic rings. The Labute approximate surface area is 182 Å². The summed E-state index contributed by atoms with van der Waals surface area (Å²) >= 11 is 1.03. The highest BCUT2D eigenvalue weighted by atomic mass is 32.2. The van der Waals surface area contributed by atoms with Crippen LogP contribution in [-0.2, 0) is 20.5 Å². The van der Waals surface area contributed by atoms with Crippen molar-refractivity contribution >= 4 is 46.0 Å². The van der Waals surface area contributed by atoms with E-state index in [2.05, 4.69) is 15.3 Å². The molecular weight excluding hydrogens is 453 g/mol. The van der Waals surface area contributed by atoms with E-state index in [-0.39, 0.29) is 5.75 Å². The molecule has 1 heterocycles. The fourth-order valence-corrected chi connectivity index (χ4v) is 3.12. The van der Waals surface area contributed by atoms with E-state index in [1.807, 2.05) is 6.07 Å². The molecule has 3 aromatic rings. The second-order valence-corrected chi connectivity index (χ2v) is 7.18. The second-order valence-electron chi connectivity index (χ2n) is 6.18. The predicted molar refractivity (Wildman–Crippen MR) is 108 cm³/mol. The standard InChI is InChI=1S/C19H13F3N4O5S/c20-19(21,22)11-5-6-14(15(7-11)26(29)30)24-16(27)9-31-18(28)10-32-17-8-23-12-3-1-2-4-13(12)25-17/h1-8H,9-10H2,(H,24,27). The number of amides is 1. The minimum Gasteiger partial charge on any atom is -0.455 e. The minimum absolute atomic E-state index is 0.180. The molecule has 13 heteroatoms. The first-order valence-corrected chi connectivity index (χ1v) is 9.78. The van der Waals surface area contributed by atoms with Crippen molar-refractivity contribution in [2.45, 2.75) is 11.2 Å². The number of ether oxygens (including phenoxy) is 1. The monoisotopic (exact) mass is 466 g/mol. The Balaban J connectivity index is 1.53. The van der Waals surface area contributed by atoms with Crippen LogP contribution in [0.5, 0.6) is 0 Å². The quantitative estimate of drug-likeness (QED) is 0.241. The van der Waals surface area contributed by atoms with Crippen molar-refractivity contribution in [2.75, 3.05) is 17.7 Å². The van der Waals surface area contributed by atoms with Gasteiger partial charge in [0.1, 0.15) is 10.7 Å². The Hall–Kier alpha value is -3.74. The number of benzene rings is 2. The molecule has 9 nitrogen and oxygen atoms in total. The zero-order chi connectivity index (χ0) is 23.3. The second kappa shape index (κ2) is 9.60. The number of halogens is 3. The maximum atomic E-state index is 12.7. The van der Waals surface area contributed by atoms with E-state index in [9.17, 15) is 32.9 Å². The third kappa shape index (κ3) is 5.91. The van der Waals surface area contributed by atoms with Gasteiger partial charge in [0.2, 0.25) is 0 Å². The zero-order valence-corrected chi connectivity index (χ0v) is 16.8. The van der Waals surface area contributed by atoms with Crippen LogP contribution in [0.3, 0.4) is 0 Å². The summed E-state index contributed by atoms with van der Waals surface area (Å²) in [7, 11) is 0. The van der Waals surface area contributed by atoms with E-state index in [0.29, 0.717) is 28.2 Å². The van der Waals surface area contributed by atoms with Crippen molar-refractivity contribution in [3.63, 3.8) is 0 Å². The number of nitro benzene ring substituents is 1. The summed E-state index contributed by atoms with van der Waals surface area (Å²) in [6.07, 6.45) is -3.30. The molecule has 0 aliphatic carbocycles. The van der Waals surface area contributed by atoms with Crippen LogP contribution in [0.1, 0.15) is 5.56 Å². The lowest BCUT2D eigenvalue weighted by atomic mass is 10.1. The molecule has 32 heavy (non-hydrogen) atoms. The van der Waals surface area contributed by atoms with Crippen LogP contribution in [0.25, 0.3) is 11.0 Å². The first-order valence-electron chi connectivity index (χ1n) is 8.79. The molecule has 0 atom stereocenters. The van der Waals surface area contributed by atoms with E-state index in [1.54, 1.807) is 18.2 Å². The van der Waals surface area contributed by atoms with Gasteiger partial charge in [-0.3, -0.25) is 24.7 Å². The average Bonchev–Trinajstić information content (AvgIpc) is 2.75. The first-order chi connectivity index (χ1) is 15.1. The van der Waals surface area contributed by atoms with Gasteiger partial charge in [0.25, 0.3) is 11.6 Å². The lowest BCUT2D eigenvalue weighted by Crippen LogP contribution is -2.22. The lowest BCUT2D eigenvalue weighted by molar-refractivity contribution is -0.384. The number of fused-ring (bicyclic) bond motifs is 1. The van der Waals surface area contributed by atoms with Gasteiger partial charge in [0.05, 0.1) is 33.5 Å². The van der Waals surface area contributed by atoms with E-state index < -0.39 is 46.5 Å². The van der Waals surface area contributed by atoms with Crippen LogP contribution in [0.4, 0.5) is 24.5 Å². The summed E-state index contributed by atoms with van der Waals surface area (Å²) in [5.41, 5.74) is -1.30. The molecular formula is C19H13F3N4O5S. The van der Waals surface area contributed by atoms with Crippen molar-refractivity contribution in [1.29, 1.82) is 0 Å². The van der Waals surface area contributed by atoms with Crippen molar-refractivity contribution in [3.8, 4) is 0 Å². The maximum Gasteiger partial charge on any atom is 0.416 e. The predicted octanol–water partition coefficient (Wildman–Crippen LogP) is 3.83. The number of hydrogen-bond acceptors (Lipinski definition) is 8. The number of hydrogen-bond donors (Lipinski definition) is 1. The van der Waals surface area contributed by atoms with Gasteiger partial charge in [-0.2, -0.15) is 13.2 Å². The number of rotatable bonds is 7. The van der Waals surface area contributed by atoms with E-state index in [4.69, 9.17) is 4.74 Å². The summed E-state index contributed by atoms with van der Waals surface area (Å²) in [5, 5.41) is 13.6. The molecule has 3 rings (SSSR count). The summed E-state index contributed by atoms with van der Waals surface area (Å²) in [6.45, 7) is -0.777. The number of esters is 1. The Morgan fingerprint density at radius 3 is 2.56 bits per heavy atom. The minimum atomic E-state index is -4.78. The number of nitro groups is 1. The van der Waals surface area contributed by atoms with Crippen LogP contribution in [0.15, 0.2) is 53.7 Å². The molecule has 0 bridgehead atoms. The van der Waals surface area contributed by atoms with Crippen LogP contribution in [0.2, 0.25) is 0 Å². The van der Waals surface area contributed by atoms with Crippen LogP contribution >= 0.6 is 11.8 Å². The molecule has 1 N–H and O–H groups in total. The number of nitrogens with one attached hydrogen (secondary N) is 1. The molecule has 0 fully saturated rings. The smallest absolute Gasteiger partial charge is 0.416 e. The van der Waals surface area contributed by atoms with E-state index in [0.717, 1.165) is 17.8 Å². The highest BCUT2D eigenvalue weighted by Gasteiger charge is 2.33. The molecule has 166 valence electrons. The number of alkyl halides is 3. The SMILES string of the molecule is O=C(COC(=O)CSc1cnc2ccccc2n1)Nc1ccc(C(F)(F)F)cc1[N+](=O)[O-]. The van der Waals surface area contributed by atoms with Crippen molar-refractivity contribution < 1.29 is 32.4 Å². The molecule has 2 aromatic carbocycles. The fraction of sp³-hybridized carbons (Fsp3) is 0.158. The number of nitrogens with zero attached hydrogens (tertiary/aromatic N) is 3. The number of thioether (sulfide) groups is 1. The molecule has 0 unspecified atom stereocenters. The van der Waals surface area contributed by atoms with E-state index in [1.165, 1.54) is 6.20 Å². The van der Waals surface area contributed by atoms with Gasteiger partial charge >= 0.3 is 12.1 Å². The molecule has 0 aliphatic heterocycles. The average molecular weight is 466 g/mol. The van der Waals surface area contributed by atoms with Gasteiger partial charge in [-0.05, 0) is 24.3 Å². The summed E-state index contributed by atoms with van der Waals surface area (Å²) in [4.78, 5) is 42.3. The highest BCUT2D eigenvalue weighted by Crippen LogP contribution is 2.34. The number of anilines is 1. The highest BCUT2D eigenvalue weighted by molar-refractivity contribution is 7.99. The Kier molecular flexibility index (Phi) is 6.88. The third-order valence-corrected chi connectivity index (χ3v) is 4.80. The topological polar surface area (TPSA) is 124 Å². The zero-order valence-electron chi connectivity index (χ0n) is 16.0. The lowest BCUT2D eigenvalue weighted by Gasteiger charge is -2.10. The van der Waals surface area contributed by atoms with E-state index >= 15 is 0 Å². The summed E-state index contributed by atoms with van der Waals surface area (Å²) < 4.78 is 43.0. The van der Waals surface area contributed by atoms with Gasteiger partial charge in [-0.1, -0.05) is 23.9 Å². The van der Waals surface area contributed by atoms with Gasteiger partial charge < -0.3 is 10.1 Å². The molecule has 0 spiro atoms. The number of carbonyl (C=O) groups excluding carboxylic acids is 2. The van der Waals surface area contributed by atoms with Gasteiger partial charge in [-0.25, -0.2) is 4.98 Å². The largest absolute Gasteiger partial charge is 0.455 e. The Bertz CT molecular complexity index is 1190. The number of para-hydroxylation sites is 2. The van der Waals surface area contributed by atoms with Crippen LogP contribution in [-0.4, -0.2) is 39.1 Å². The van der Waals surface area contributed by atoms with Gasteiger partial charge in [0, 0.05) is 6.07 Å². The third-order valence-electron chi connectivity index (χ3n) is 3.92. The molecule has 1 aromatic heterocycles. The number of carbonyl (C=O) groups is 2. The molecule has 1 amide bonds. The Morgan fingerprint density at radius 1 is 1.16 bits per heavy atom. The maximum absolute atomic E-state index is 12.7. The molecule has 0 saturated carbocycles. The Morgan fingerprint density at radius 2 is 1.88 bits per heavy atom. The summed E-state index contributed by atoms with van der Waals surface area (Å²) in [6, 6.07) is 8.80. The normalized spacial score (nSPS) is 11.2. The van der Waals surface area contributed by atoms with Crippen molar-refractivity contribution in [3.05, 3.63) is 64.3 Å². The van der Waals surface area contributed by atoms with Crippen molar-refractivity contribution in [2.24, 2.45) is 0 Å². The molecule has 0 radical (unpaired) electrons. The summed E-state index contributed by atoms with van der Waals surface area (Å²) in [5.74, 6) is -1.89. The van der Waals surface area contributed by atoms with Crippen molar-refractivity contribution in [1.82, 2.24) is 9.97 Å². The first kappa shape index (κ1) is 22.9.